The monoisotopic (exact) mass is 354 g/mol. The van der Waals surface area contributed by atoms with Crippen molar-refractivity contribution in [2.45, 2.75) is 66.0 Å². The molecule has 4 nitrogen and oxygen atoms in total. The van der Waals surface area contributed by atoms with Gasteiger partial charge in [0, 0.05) is 24.1 Å². The molecule has 1 amide bonds. The standard InChI is InChI=1S/C19H30N2O2.ClH/c1-12(18(2,3)4)9-17(22)21-15-11-19(5,6)23-16-8-7-13(20)10-14(15)16;/h7-8,10,12,15H,9,11,20H2,1-6H3,(H,21,22);1H. The molecule has 2 unspecified atom stereocenters. The highest BCUT2D eigenvalue weighted by atomic mass is 35.5. The van der Waals surface area contributed by atoms with Crippen LogP contribution in [0.2, 0.25) is 0 Å². The van der Waals surface area contributed by atoms with E-state index in [1.807, 2.05) is 32.0 Å². The SMILES string of the molecule is CC(CC(=O)NC1CC(C)(C)Oc2ccc(N)cc21)C(C)(C)C.Cl. The number of ether oxygens (including phenoxy) is 1. The first kappa shape index (κ1) is 20.6. The Labute approximate surface area is 151 Å². The molecule has 0 spiro atoms. The molecular weight excluding hydrogens is 324 g/mol. The number of hydrogen-bond acceptors (Lipinski definition) is 3. The number of halogens is 1. The van der Waals surface area contributed by atoms with Crippen molar-refractivity contribution >= 4 is 24.0 Å². The average Bonchev–Trinajstić information content (AvgIpc) is 2.37. The summed E-state index contributed by atoms with van der Waals surface area (Å²) in [4.78, 5) is 12.5. The van der Waals surface area contributed by atoms with Crippen LogP contribution in [-0.2, 0) is 4.79 Å². The lowest BCUT2D eigenvalue weighted by Crippen LogP contribution is -2.42. The first-order valence-electron chi connectivity index (χ1n) is 8.36. The minimum absolute atomic E-state index is 0. The zero-order chi connectivity index (χ0) is 17.4. The number of rotatable bonds is 3. The fraction of sp³-hybridized carbons (Fsp3) is 0.632. The van der Waals surface area contributed by atoms with Gasteiger partial charge in [0.25, 0.3) is 0 Å². The first-order chi connectivity index (χ1) is 10.5. The molecule has 2 atom stereocenters. The van der Waals surface area contributed by atoms with Crippen LogP contribution in [0.1, 0.15) is 66.0 Å². The number of amides is 1. The van der Waals surface area contributed by atoms with Gasteiger partial charge in [0.05, 0.1) is 6.04 Å². The summed E-state index contributed by atoms with van der Waals surface area (Å²) < 4.78 is 6.01. The predicted octanol–water partition coefficient (Wildman–Crippen LogP) is 4.48. The molecule has 1 aromatic rings. The Hall–Kier alpha value is -1.42. The highest BCUT2D eigenvalue weighted by Gasteiger charge is 2.35. The minimum Gasteiger partial charge on any atom is -0.487 e. The summed E-state index contributed by atoms with van der Waals surface area (Å²) in [5.41, 5.74) is 7.39. The summed E-state index contributed by atoms with van der Waals surface area (Å²) in [7, 11) is 0. The molecule has 0 fully saturated rings. The largest absolute Gasteiger partial charge is 0.487 e. The van der Waals surface area contributed by atoms with E-state index in [4.69, 9.17) is 10.5 Å². The lowest BCUT2D eigenvalue weighted by Gasteiger charge is -2.38. The van der Waals surface area contributed by atoms with Crippen molar-refractivity contribution in [3.8, 4) is 5.75 Å². The van der Waals surface area contributed by atoms with E-state index in [-0.39, 0.29) is 35.4 Å². The molecule has 24 heavy (non-hydrogen) atoms. The van der Waals surface area contributed by atoms with Gasteiger partial charge in [0.15, 0.2) is 0 Å². The van der Waals surface area contributed by atoms with Crippen molar-refractivity contribution in [2.75, 3.05) is 5.73 Å². The fourth-order valence-corrected chi connectivity index (χ4v) is 2.84. The van der Waals surface area contributed by atoms with Gasteiger partial charge in [0.2, 0.25) is 5.91 Å². The fourth-order valence-electron chi connectivity index (χ4n) is 2.84. The topological polar surface area (TPSA) is 64.3 Å². The quantitative estimate of drug-likeness (QED) is 0.786. The maximum Gasteiger partial charge on any atom is 0.220 e. The van der Waals surface area contributed by atoms with Crippen LogP contribution in [0.5, 0.6) is 5.75 Å². The zero-order valence-electron chi connectivity index (χ0n) is 15.6. The molecule has 3 N–H and O–H groups in total. The van der Waals surface area contributed by atoms with E-state index in [9.17, 15) is 4.79 Å². The number of nitrogens with two attached hydrogens (primary N) is 1. The highest BCUT2D eigenvalue weighted by Crippen LogP contribution is 2.40. The third-order valence-electron chi connectivity index (χ3n) is 4.80. The van der Waals surface area contributed by atoms with Crippen LogP contribution in [0.15, 0.2) is 18.2 Å². The molecule has 0 radical (unpaired) electrons. The number of carbonyl (C=O) groups excluding carboxylic acids is 1. The van der Waals surface area contributed by atoms with E-state index in [0.29, 0.717) is 18.0 Å². The van der Waals surface area contributed by atoms with E-state index in [0.717, 1.165) is 17.7 Å². The summed E-state index contributed by atoms with van der Waals surface area (Å²) in [6, 6.07) is 5.57. The van der Waals surface area contributed by atoms with Crippen molar-refractivity contribution in [1.29, 1.82) is 0 Å². The predicted molar refractivity (Wildman–Crippen MR) is 102 cm³/mol. The summed E-state index contributed by atoms with van der Waals surface area (Å²) in [5, 5.41) is 3.19. The van der Waals surface area contributed by atoms with Gasteiger partial charge in [-0.2, -0.15) is 0 Å². The van der Waals surface area contributed by atoms with Crippen LogP contribution in [0.3, 0.4) is 0 Å². The van der Waals surface area contributed by atoms with Crippen molar-refractivity contribution in [3.63, 3.8) is 0 Å². The van der Waals surface area contributed by atoms with Gasteiger partial charge in [-0.1, -0.05) is 27.7 Å². The van der Waals surface area contributed by atoms with Crippen molar-refractivity contribution in [1.82, 2.24) is 5.32 Å². The van der Waals surface area contributed by atoms with E-state index in [1.54, 1.807) is 0 Å². The average molecular weight is 355 g/mol. The number of benzene rings is 1. The smallest absolute Gasteiger partial charge is 0.220 e. The molecule has 2 rings (SSSR count). The molecule has 5 heteroatoms. The second-order valence-electron chi connectivity index (χ2n) is 8.45. The Morgan fingerprint density at radius 2 is 2.04 bits per heavy atom. The number of fused-ring (bicyclic) bond motifs is 1. The summed E-state index contributed by atoms with van der Waals surface area (Å²) in [6.07, 6.45) is 1.26. The molecule has 1 aliphatic heterocycles. The molecule has 0 saturated carbocycles. The molecule has 0 aliphatic carbocycles. The zero-order valence-corrected chi connectivity index (χ0v) is 16.4. The Morgan fingerprint density at radius 3 is 2.62 bits per heavy atom. The van der Waals surface area contributed by atoms with Crippen molar-refractivity contribution in [2.24, 2.45) is 11.3 Å². The molecule has 1 heterocycles. The van der Waals surface area contributed by atoms with E-state index in [2.05, 4.69) is 33.0 Å². The maximum atomic E-state index is 12.5. The van der Waals surface area contributed by atoms with Gasteiger partial charge in [-0.25, -0.2) is 0 Å². The van der Waals surface area contributed by atoms with Crippen LogP contribution in [0, 0.1) is 11.3 Å². The summed E-state index contributed by atoms with van der Waals surface area (Å²) in [5.74, 6) is 1.21. The highest BCUT2D eigenvalue weighted by molar-refractivity contribution is 5.85. The maximum absolute atomic E-state index is 12.5. The van der Waals surface area contributed by atoms with E-state index < -0.39 is 0 Å². The molecule has 0 aromatic heterocycles. The summed E-state index contributed by atoms with van der Waals surface area (Å²) in [6.45, 7) is 12.7. The third kappa shape index (κ3) is 5.04. The lowest BCUT2D eigenvalue weighted by molar-refractivity contribution is -0.124. The molecule has 1 aliphatic rings. The van der Waals surface area contributed by atoms with Crippen LogP contribution in [-0.4, -0.2) is 11.5 Å². The molecule has 0 saturated heterocycles. The van der Waals surface area contributed by atoms with Gasteiger partial charge < -0.3 is 15.8 Å². The van der Waals surface area contributed by atoms with Crippen molar-refractivity contribution in [3.05, 3.63) is 23.8 Å². The number of nitrogen functional groups attached to an aromatic ring is 1. The van der Waals surface area contributed by atoms with Gasteiger partial charge >= 0.3 is 0 Å². The Balaban J connectivity index is 0.00000288. The van der Waals surface area contributed by atoms with Crippen LogP contribution >= 0.6 is 12.4 Å². The van der Waals surface area contributed by atoms with Gasteiger partial charge in [-0.15, -0.1) is 12.4 Å². The number of hydrogen-bond donors (Lipinski definition) is 2. The molecular formula is C19H31ClN2O2. The Kier molecular flexibility index (Phi) is 6.20. The second-order valence-corrected chi connectivity index (χ2v) is 8.45. The van der Waals surface area contributed by atoms with Crippen molar-refractivity contribution < 1.29 is 9.53 Å². The lowest BCUT2D eigenvalue weighted by atomic mass is 9.80. The number of anilines is 1. The van der Waals surface area contributed by atoms with Gasteiger partial charge in [0.1, 0.15) is 11.4 Å². The molecule has 1 aromatic carbocycles. The van der Waals surface area contributed by atoms with E-state index in [1.165, 1.54) is 0 Å². The Bertz CT molecular complexity index is 594. The minimum atomic E-state index is -0.309. The number of nitrogens with one attached hydrogen (secondary N) is 1. The normalized spacial score (nSPS) is 20.2. The van der Waals surface area contributed by atoms with Crippen LogP contribution in [0.4, 0.5) is 5.69 Å². The third-order valence-corrected chi connectivity index (χ3v) is 4.80. The molecule has 136 valence electrons. The summed E-state index contributed by atoms with van der Waals surface area (Å²) >= 11 is 0. The van der Waals surface area contributed by atoms with E-state index >= 15 is 0 Å². The second kappa shape index (κ2) is 7.22. The first-order valence-corrected chi connectivity index (χ1v) is 8.36. The van der Waals surface area contributed by atoms with Gasteiger partial charge in [-0.3, -0.25) is 4.79 Å². The van der Waals surface area contributed by atoms with Crippen LogP contribution < -0.4 is 15.8 Å². The number of carbonyl (C=O) groups is 1. The van der Waals surface area contributed by atoms with Gasteiger partial charge in [-0.05, 0) is 43.4 Å². The molecule has 0 bridgehead atoms. The van der Waals surface area contributed by atoms with Crippen LogP contribution in [0.25, 0.3) is 0 Å². The Morgan fingerprint density at radius 1 is 1.42 bits per heavy atom.